The Labute approximate surface area is 133 Å². The molecule has 1 unspecified atom stereocenters. The van der Waals surface area contributed by atoms with Gasteiger partial charge in [-0.25, -0.2) is 0 Å². The minimum atomic E-state index is -0.721. The van der Waals surface area contributed by atoms with Gasteiger partial charge in [0, 0.05) is 17.1 Å². The Kier molecular flexibility index (Phi) is 5.79. The molecule has 0 saturated carbocycles. The van der Waals surface area contributed by atoms with Crippen LogP contribution in [-0.4, -0.2) is 25.4 Å². The highest BCUT2D eigenvalue weighted by Crippen LogP contribution is 2.32. The van der Waals surface area contributed by atoms with Crippen molar-refractivity contribution < 1.29 is 14.6 Å². The summed E-state index contributed by atoms with van der Waals surface area (Å²) in [6.07, 6.45) is -0.721. The molecule has 0 amide bonds. The van der Waals surface area contributed by atoms with Gasteiger partial charge in [-0.05, 0) is 36.2 Å². The molecule has 21 heavy (non-hydrogen) atoms. The van der Waals surface area contributed by atoms with E-state index < -0.39 is 6.10 Å². The van der Waals surface area contributed by atoms with Crippen LogP contribution >= 0.6 is 15.9 Å². The summed E-state index contributed by atoms with van der Waals surface area (Å²) in [4.78, 5) is 0. The van der Waals surface area contributed by atoms with Gasteiger partial charge in [0.25, 0.3) is 0 Å². The average Bonchev–Trinajstić information content (AvgIpc) is 2.50. The van der Waals surface area contributed by atoms with E-state index in [0.29, 0.717) is 19.0 Å². The molecule has 0 bridgehead atoms. The Morgan fingerprint density at radius 1 is 1.10 bits per heavy atom. The van der Waals surface area contributed by atoms with E-state index in [2.05, 4.69) is 15.9 Å². The maximum Gasteiger partial charge on any atom is 0.125 e. The number of aliphatic hydroxyl groups is 1. The number of hydrogen-bond donors (Lipinski definition) is 1. The van der Waals surface area contributed by atoms with Gasteiger partial charge in [0.2, 0.25) is 0 Å². The zero-order chi connectivity index (χ0) is 15.2. The molecule has 1 atom stereocenters. The molecule has 2 rings (SSSR count). The Morgan fingerprint density at radius 3 is 2.62 bits per heavy atom. The van der Waals surface area contributed by atoms with Crippen molar-refractivity contribution in [3.63, 3.8) is 0 Å². The lowest BCUT2D eigenvalue weighted by Crippen LogP contribution is -2.09. The predicted molar refractivity (Wildman–Crippen MR) is 86.8 cm³/mol. The monoisotopic (exact) mass is 350 g/mol. The fourth-order valence-corrected chi connectivity index (χ4v) is 2.53. The highest BCUT2D eigenvalue weighted by Gasteiger charge is 2.17. The first-order valence-electron chi connectivity index (χ1n) is 6.78. The van der Waals surface area contributed by atoms with Gasteiger partial charge in [-0.3, -0.25) is 0 Å². The van der Waals surface area contributed by atoms with Crippen LogP contribution in [0, 0.1) is 6.92 Å². The van der Waals surface area contributed by atoms with E-state index in [1.54, 1.807) is 7.11 Å². The molecule has 1 N–H and O–H groups in total. The number of aliphatic hydroxyl groups excluding tert-OH is 1. The number of aryl methyl sites for hydroxylation is 1. The summed E-state index contributed by atoms with van der Waals surface area (Å²) >= 11 is 3.45. The predicted octanol–water partition coefficient (Wildman–Crippen LogP) is 3.86. The standard InChI is InChI=1S/C17H19BrO3/c1-12-7-8-13(18)11-15(12)17(19)14-5-3-4-6-16(14)21-10-9-20-2/h3-8,11,17,19H,9-10H2,1-2H3. The molecule has 0 radical (unpaired) electrons. The topological polar surface area (TPSA) is 38.7 Å². The van der Waals surface area contributed by atoms with Crippen LogP contribution in [0.5, 0.6) is 5.75 Å². The van der Waals surface area contributed by atoms with E-state index in [-0.39, 0.29) is 0 Å². The zero-order valence-corrected chi connectivity index (χ0v) is 13.8. The molecular weight excluding hydrogens is 332 g/mol. The number of ether oxygens (including phenoxy) is 2. The first-order valence-corrected chi connectivity index (χ1v) is 7.57. The maximum absolute atomic E-state index is 10.7. The fourth-order valence-electron chi connectivity index (χ4n) is 2.15. The van der Waals surface area contributed by atoms with Crippen molar-refractivity contribution >= 4 is 15.9 Å². The van der Waals surface area contributed by atoms with E-state index in [1.165, 1.54) is 0 Å². The normalized spacial score (nSPS) is 12.2. The molecule has 0 saturated heterocycles. The molecule has 0 aliphatic heterocycles. The molecule has 3 nitrogen and oxygen atoms in total. The minimum Gasteiger partial charge on any atom is -0.491 e. The highest BCUT2D eigenvalue weighted by atomic mass is 79.9. The number of benzene rings is 2. The number of halogens is 1. The average molecular weight is 351 g/mol. The van der Waals surface area contributed by atoms with Crippen molar-refractivity contribution in [3.05, 3.63) is 63.6 Å². The third-order valence-corrected chi connectivity index (χ3v) is 3.79. The van der Waals surface area contributed by atoms with E-state index in [1.807, 2.05) is 49.4 Å². The number of rotatable bonds is 6. The van der Waals surface area contributed by atoms with Crippen LogP contribution < -0.4 is 4.74 Å². The summed E-state index contributed by atoms with van der Waals surface area (Å²) in [6.45, 7) is 2.96. The lowest BCUT2D eigenvalue weighted by molar-refractivity contribution is 0.142. The first-order chi connectivity index (χ1) is 10.1. The number of hydrogen-bond acceptors (Lipinski definition) is 3. The molecule has 0 aliphatic rings. The van der Waals surface area contributed by atoms with Gasteiger partial charge in [-0.15, -0.1) is 0 Å². The van der Waals surface area contributed by atoms with Crippen LogP contribution in [0.4, 0.5) is 0 Å². The van der Waals surface area contributed by atoms with Crippen LogP contribution in [0.25, 0.3) is 0 Å². The molecule has 112 valence electrons. The lowest BCUT2D eigenvalue weighted by Gasteiger charge is -2.18. The SMILES string of the molecule is COCCOc1ccccc1C(O)c1cc(Br)ccc1C. The number of methoxy groups -OCH3 is 1. The second-order valence-electron chi connectivity index (χ2n) is 4.78. The Hall–Kier alpha value is -1.36. The van der Waals surface area contributed by atoms with Gasteiger partial charge in [-0.1, -0.05) is 40.2 Å². The fraction of sp³-hybridized carbons (Fsp3) is 0.294. The van der Waals surface area contributed by atoms with Crippen LogP contribution in [-0.2, 0) is 4.74 Å². The van der Waals surface area contributed by atoms with Crippen molar-refractivity contribution in [3.8, 4) is 5.75 Å². The molecule has 4 heteroatoms. The Balaban J connectivity index is 2.30. The van der Waals surface area contributed by atoms with Crippen molar-refractivity contribution in [2.45, 2.75) is 13.0 Å². The van der Waals surface area contributed by atoms with Gasteiger partial charge >= 0.3 is 0 Å². The van der Waals surface area contributed by atoms with E-state index in [4.69, 9.17) is 9.47 Å². The van der Waals surface area contributed by atoms with Crippen LogP contribution in [0.2, 0.25) is 0 Å². The van der Waals surface area contributed by atoms with Crippen LogP contribution in [0.1, 0.15) is 22.8 Å². The largest absolute Gasteiger partial charge is 0.491 e. The molecule has 0 aromatic heterocycles. The lowest BCUT2D eigenvalue weighted by atomic mass is 9.97. The van der Waals surface area contributed by atoms with Gasteiger partial charge in [-0.2, -0.15) is 0 Å². The summed E-state index contributed by atoms with van der Waals surface area (Å²) in [6, 6.07) is 13.4. The molecule has 0 fully saturated rings. The molecular formula is C17H19BrO3. The summed E-state index contributed by atoms with van der Waals surface area (Å²) in [5.41, 5.74) is 2.67. The second kappa shape index (κ2) is 7.59. The summed E-state index contributed by atoms with van der Waals surface area (Å²) in [5, 5.41) is 10.7. The van der Waals surface area contributed by atoms with E-state index >= 15 is 0 Å². The van der Waals surface area contributed by atoms with Gasteiger partial charge in [0.1, 0.15) is 18.5 Å². The molecule has 0 heterocycles. The first kappa shape index (κ1) is 16.0. The van der Waals surface area contributed by atoms with Crippen molar-refractivity contribution in [1.29, 1.82) is 0 Å². The van der Waals surface area contributed by atoms with Crippen LogP contribution in [0.3, 0.4) is 0 Å². The third kappa shape index (κ3) is 4.06. The van der Waals surface area contributed by atoms with E-state index in [9.17, 15) is 5.11 Å². The Bertz CT molecular complexity index is 598. The highest BCUT2D eigenvalue weighted by molar-refractivity contribution is 9.10. The van der Waals surface area contributed by atoms with Gasteiger partial charge < -0.3 is 14.6 Å². The minimum absolute atomic E-state index is 0.456. The molecule has 0 spiro atoms. The smallest absolute Gasteiger partial charge is 0.125 e. The van der Waals surface area contributed by atoms with Gasteiger partial charge in [0.15, 0.2) is 0 Å². The van der Waals surface area contributed by atoms with Gasteiger partial charge in [0.05, 0.1) is 6.61 Å². The van der Waals surface area contributed by atoms with Crippen molar-refractivity contribution in [2.24, 2.45) is 0 Å². The van der Waals surface area contributed by atoms with Crippen molar-refractivity contribution in [2.75, 3.05) is 20.3 Å². The zero-order valence-electron chi connectivity index (χ0n) is 12.2. The maximum atomic E-state index is 10.7. The summed E-state index contributed by atoms with van der Waals surface area (Å²) in [7, 11) is 1.63. The summed E-state index contributed by atoms with van der Waals surface area (Å²) in [5.74, 6) is 0.682. The summed E-state index contributed by atoms with van der Waals surface area (Å²) < 4.78 is 11.6. The quantitative estimate of drug-likeness (QED) is 0.803. The van der Waals surface area contributed by atoms with Crippen molar-refractivity contribution in [1.82, 2.24) is 0 Å². The Morgan fingerprint density at radius 2 is 1.86 bits per heavy atom. The molecule has 0 aliphatic carbocycles. The second-order valence-corrected chi connectivity index (χ2v) is 5.70. The molecule has 2 aromatic rings. The number of para-hydroxylation sites is 1. The van der Waals surface area contributed by atoms with E-state index in [0.717, 1.165) is 21.2 Å². The van der Waals surface area contributed by atoms with Crippen LogP contribution in [0.15, 0.2) is 46.9 Å². The molecule has 2 aromatic carbocycles. The third-order valence-electron chi connectivity index (χ3n) is 3.29.